The molecular formula is C29H38Cl2SiZr. The second kappa shape index (κ2) is 10.3. The molecule has 2 aliphatic rings. The fraction of sp³-hybridized carbons (Fsp3) is 0.448. The summed E-state index contributed by atoms with van der Waals surface area (Å²) in [4.78, 5) is 0. The van der Waals surface area contributed by atoms with Gasteiger partial charge in [-0.1, -0.05) is 0 Å². The largest absolute Gasteiger partial charge is 1.00 e. The molecule has 0 bridgehead atoms. The van der Waals surface area contributed by atoms with Gasteiger partial charge in [0.05, 0.1) is 0 Å². The van der Waals surface area contributed by atoms with Crippen molar-refractivity contribution in [2.24, 2.45) is 0 Å². The van der Waals surface area contributed by atoms with Crippen LogP contribution >= 0.6 is 0 Å². The van der Waals surface area contributed by atoms with Crippen molar-refractivity contribution in [2.45, 2.75) is 85.2 Å². The summed E-state index contributed by atoms with van der Waals surface area (Å²) in [5.74, 6) is 0. The molecule has 0 saturated carbocycles. The molecule has 0 nitrogen and oxygen atoms in total. The van der Waals surface area contributed by atoms with Crippen molar-refractivity contribution >= 4 is 8.70 Å². The first-order valence-corrected chi connectivity index (χ1v) is 20.4. The first-order valence-electron chi connectivity index (χ1n) is 11.7. The third-order valence-electron chi connectivity index (χ3n) is 6.97. The Morgan fingerprint density at radius 2 is 1.48 bits per heavy atom. The molecule has 0 saturated heterocycles. The molecule has 0 aromatic heterocycles. The molecule has 33 heavy (non-hydrogen) atoms. The van der Waals surface area contributed by atoms with Gasteiger partial charge in [0.2, 0.25) is 0 Å². The summed E-state index contributed by atoms with van der Waals surface area (Å²) >= 11 is -1.97. The first kappa shape index (κ1) is 28.8. The molecule has 2 aromatic rings. The predicted molar refractivity (Wildman–Crippen MR) is 136 cm³/mol. The second-order valence-electron chi connectivity index (χ2n) is 11.7. The Morgan fingerprint density at radius 1 is 0.848 bits per heavy atom. The molecule has 4 heteroatoms. The monoisotopic (exact) mass is 574 g/mol. The molecule has 0 heterocycles. The van der Waals surface area contributed by atoms with E-state index in [0.29, 0.717) is 0 Å². The second-order valence-corrected chi connectivity index (χ2v) is 28.6. The van der Waals surface area contributed by atoms with Crippen LogP contribution in [0.5, 0.6) is 0 Å². The molecule has 0 spiro atoms. The van der Waals surface area contributed by atoms with Crippen molar-refractivity contribution in [2.75, 3.05) is 0 Å². The van der Waals surface area contributed by atoms with Crippen LogP contribution in [0.3, 0.4) is 0 Å². The molecule has 2 aromatic carbocycles. The summed E-state index contributed by atoms with van der Waals surface area (Å²) in [6.45, 7) is 21.8. The van der Waals surface area contributed by atoms with Crippen molar-refractivity contribution in [1.82, 2.24) is 0 Å². The van der Waals surface area contributed by atoms with E-state index in [1.165, 1.54) is 23.1 Å². The Kier molecular flexibility index (Phi) is 9.00. The van der Waals surface area contributed by atoms with E-state index in [0.717, 1.165) is 6.42 Å². The summed E-state index contributed by atoms with van der Waals surface area (Å²) in [5, 5.41) is 0. The first-order chi connectivity index (χ1) is 14.4. The molecule has 176 valence electrons. The molecule has 0 N–H and O–H groups in total. The van der Waals surface area contributed by atoms with E-state index in [-0.39, 0.29) is 41.1 Å². The van der Waals surface area contributed by atoms with Gasteiger partial charge in [0.25, 0.3) is 0 Å². The van der Waals surface area contributed by atoms with E-state index >= 15 is 0 Å². The van der Waals surface area contributed by atoms with Crippen molar-refractivity contribution in [3.63, 3.8) is 0 Å². The number of benzene rings is 2. The van der Waals surface area contributed by atoms with Gasteiger partial charge in [0.1, 0.15) is 0 Å². The smallest absolute Gasteiger partial charge is 1.00 e. The van der Waals surface area contributed by atoms with Crippen LogP contribution in [-0.2, 0) is 37.6 Å². The van der Waals surface area contributed by atoms with Gasteiger partial charge >= 0.3 is 199 Å². The Balaban J connectivity index is 0.00000193. The van der Waals surface area contributed by atoms with Gasteiger partial charge in [0.15, 0.2) is 0 Å². The van der Waals surface area contributed by atoms with E-state index in [1.807, 2.05) is 6.55 Å². The molecule has 2 aliphatic carbocycles. The third-order valence-corrected chi connectivity index (χ3v) is 24.2. The Bertz CT molecular complexity index is 1170. The van der Waals surface area contributed by atoms with Gasteiger partial charge in [-0.25, -0.2) is 0 Å². The van der Waals surface area contributed by atoms with Crippen LogP contribution in [0.1, 0.15) is 77.1 Å². The molecule has 0 fully saturated rings. The molecule has 0 amide bonds. The minimum atomic E-state index is -1.97. The van der Waals surface area contributed by atoms with Gasteiger partial charge in [-0.15, -0.1) is 0 Å². The zero-order valence-electron chi connectivity index (χ0n) is 21.7. The average molecular weight is 577 g/mol. The van der Waals surface area contributed by atoms with E-state index in [1.54, 1.807) is 22.3 Å². The van der Waals surface area contributed by atoms with Gasteiger partial charge in [0, 0.05) is 0 Å². The summed E-state index contributed by atoms with van der Waals surface area (Å²) in [7, 11) is 0. The van der Waals surface area contributed by atoms with Gasteiger partial charge in [-0.3, -0.25) is 0 Å². The van der Waals surface area contributed by atoms with Crippen LogP contribution in [-0.4, -0.2) is 5.43 Å². The van der Waals surface area contributed by atoms with E-state index in [9.17, 15) is 0 Å². The Morgan fingerprint density at radius 3 is 2.00 bits per heavy atom. The quantitative estimate of drug-likeness (QED) is 0.407. The number of fused-ring (bicyclic) bond motifs is 3. The van der Waals surface area contributed by atoms with Crippen molar-refractivity contribution in [1.29, 1.82) is 0 Å². The molecule has 0 atom stereocenters. The minimum Gasteiger partial charge on any atom is -1.00 e. The topological polar surface area (TPSA) is 0 Å². The van der Waals surface area contributed by atoms with E-state index in [4.69, 9.17) is 0 Å². The normalized spacial score (nSPS) is 14.2. The van der Waals surface area contributed by atoms with Crippen molar-refractivity contribution < 1.29 is 45.2 Å². The number of halogens is 2. The number of hydrogen-bond donors (Lipinski definition) is 0. The van der Waals surface area contributed by atoms with Crippen LogP contribution in [0.4, 0.5) is 0 Å². The van der Waals surface area contributed by atoms with Gasteiger partial charge in [-0.2, -0.15) is 0 Å². The van der Waals surface area contributed by atoms with Crippen LogP contribution in [0, 0.1) is 0 Å². The minimum absolute atomic E-state index is 0. The summed E-state index contributed by atoms with van der Waals surface area (Å²) in [6, 6.07) is 12.2. The van der Waals surface area contributed by atoms with Crippen LogP contribution in [0.15, 0.2) is 51.3 Å². The van der Waals surface area contributed by atoms with Crippen LogP contribution in [0.2, 0.25) is 13.1 Å². The van der Waals surface area contributed by atoms with Crippen LogP contribution < -0.4 is 28.1 Å². The molecular weight excluding hydrogens is 539 g/mol. The average Bonchev–Trinajstić information content (AvgIpc) is 3.23. The fourth-order valence-electron chi connectivity index (χ4n) is 5.27. The van der Waals surface area contributed by atoms with Crippen molar-refractivity contribution in [3.05, 3.63) is 73.6 Å². The standard InChI is InChI=1S/C21H25.C6H7.C2H6Si.2ClH.Zr/c1-20(2,3)16-7-9-18-14(12-16)11-15-13-17(21(4,5)6)8-10-19(15)18;1-6-4-2-3-5-6;1-3-2;;;/h7-10,12H,11H2,1-6H3;2,4H,3H2,1H3;1-2H3;2*1H;/q;;;;;+2/p-2. The molecule has 0 aliphatic heterocycles. The SMILES string of the molecule is CC1=[C]([Zr+2]([c]2c(C(C)(C)C)ccc3c2Cc2cc(C(C)(C)C)ccc2-3)=[Si](C)C)CC=C1.[Cl-].[Cl-]. The molecule has 4 rings (SSSR count). The number of rotatable bonds is 2. The maximum absolute atomic E-state index is 2.60. The number of hydrogen-bond acceptors (Lipinski definition) is 0. The van der Waals surface area contributed by atoms with Gasteiger partial charge in [-0.05, 0) is 0 Å². The summed E-state index contributed by atoms with van der Waals surface area (Å²) in [6.07, 6.45) is 7.16. The van der Waals surface area contributed by atoms with Crippen LogP contribution in [0.25, 0.3) is 11.1 Å². The zero-order valence-corrected chi connectivity index (χ0v) is 26.7. The van der Waals surface area contributed by atoms with E-state index in [2.05, 4.69) is 104 Å². The van der Waals surface area contributed by atoms with E-state index < -0.39 is 20.4 Å². The fourth-order valence-corrected chi connectivity index (χ4v) is 23.8. The molecule has 0 unspecified atom stereocenters. The maximum atomic E-state index is 2.60. The molecule has 0 radical (unpaired) electrons. The summed E-state index contributed by atoms with van der Waals surface area (Å²) < 4.78 is 3.73. The number of allylic oxidation sites excluding steroid dienone is 4. The predicted octanol–water partition coefficient (Wildman–Crippen LogP) is 1.59. The maximum Gasteiger partial charge on any atom is -1.00 e. The summed E-state index contributed by atoms with van der Waals surface area (Å²) in [5.41, 5.74) is 11.0. The van der Waals surface area contributed by atoms with Gasteiger partial charge < -0.3 is 24.8 Å². The third kappa shape index (κ3) is 5.40. The Hall–Kier alpha value is -0.400. The van der Waals surface area contributed by atoms with Crippen molar-refractivity contribution in [3.8, 4) is 11.1 Å². The Labute approximate surface area is 222 Å². The zero-order chi connectivity index (χ0) is 22.7.